The van der Waals surface area contributed by atoms with Gasteiger partial charge < -0.3 is 14.4 Å². The average Bonchev–Trinajstić information content (AvgIpc) is 2.77. The number of hydrogen-bond acceptors (Lipinski definition) is 5. The topological polar surface area (TPSA) is 72.9 Å². The lowest BCUT2D eigenvalue weighted by molar-refractivity contribution is -0.137. The summed E-state index contributed by atoms with van der Waals surface area (Å²) in [5.74, 6) is 0.832. The predicted octanol–water partition coefficient (Wildman–Crippen LogP) is 0.900. The van der Waals surface area contributed by atoms with E-state index in [0.717, 1.165) is 5.56 Å². The largest absolute Gasteiger partial charge is 0.497 e. The molecule has 2 aliphatic rings. The molecule has 132 valence electrons. The molecule has 1 aromatic rings. The Morgan fingerprint density at radius 1 is 1.33 bits per heavy atom. The standard InChI is InChI=1S/C17H23NO5S/c1-22-10-14-6-7-24(20,21)17(14)11-18(12-17)16(19)9-13-4-3-5-15(8-13)23-2/h3-5,8,14H,6-7,9-12H2,1-2H3/t14-/m0/s1. The third-order valence-electron chi connectivity index (χ3n) is 5.23. The minimum absolute atomic E-state index is 0.0200. The zero-order valence-electron chi connectivity index (χ0n) is 14.0. The minimum Gasteiger partial charge on any atom is -0.497 e. The van der Waals surface area contributed by atoms with E-state index in [0.29, 0.717) is 18.8 Å². The highest BCUT2D eigenvalue weighted by Gasteiger charge is 2.62. The number of likely N-dealkylation sites (tertiary alicyclic amines) is 1. The van der Waals surface area contributed by atoms with Gasteiger partial charge in [0.1, 0.15) is 10.5 Å². The lowest BCUT2D eigenvalue weighted by Gasteiger charge is -2.49. The van der Waals surface area contributed by atoms with Crippen molar-refractivity contribution in [1.82, 2.24) is 4.90 Å². The first-order valence-electron chi connectivity index (χ1n) is 8.04. The molecule has 1 amide bonds. The quantitative estimate of drug-likeness (QED) is 0.786. The van der Waals surface area contributed by atoms with Crippen LogP contribution in [-0.4, -0.2) is 63.6 Å². The summed E-state index contributed by atoms with van der Waals surface area (Å²) in [6.07, 6.45) is 0.871. The first-order chi connectivity index (χ1) is 11.4. The lowest BCUT2D eigenvalue weighted by Crippen LogP contribution is -2.69. The maximum absolute atomic E-state index is 12.5. The number of rotatable bonds is 5. The summed E-state index contributed by atoms with van der Waals surface area (Å²) in [5.41, 5.74) is 0.864. The van der Waals surface area contributed by atoms with E-state index in [-0.39, 0.29) is 37.1 Å². The molecule has 3 rings (SSSR count). The van der Waals surface area contributed by atoms with E-state index < -0.39 is 14.6 Å². The summed E-state index contributed by atoms with van der Waals surface area (Å²) in [6, 6.07) is 7.37. The molecule has 1 spiro atoms. The van der Waals surface area contributed by atoms with Gasteiger partial charge in [-0.25, -0.2) is 8.42 Å². The number of amides is 1. The van der Waals surface area contributed by atoms with Gasteiger partial charge in [0.25, 0.3) is 0 Å². The highest BCUT2D eigenvalue weighted by atomic mass is 32.2. The zero-order chi connectivity index (χ0) is 17.4. The van der Waals surface area contributed by atoms with Gasteiger partial charge in [0, 0.05) is 26.1 Å². The van der Waals surface area contributed by atoms with Gasteiger partial charge >= 0.3 is 0 Å². The number of carbonyl (C=O) groups excluding carboxylic acids is 1. The van der Waals surface area contributed by atoms with Gasteiger partial charge in [0.2, 0.25) is 5.91 Å². The van der Waals surface area contributed by atoms with Crippen molar-refractivity contribution >= 4 is 15.7 Å². The Kier molecular flexibility index (Phi) is 4.57. The van der Waals surface area contributed by atoms with Gasteiger partial charge in [0.15, 0.2) is 9.84 Å². The van der Waals surface area contributed by atoms with Crippen LogP contribution in [0.1, 0.15) is 12.0 Å². The summed E-state index contributed by atoms with van der Waals surface area (Å²) < 4.78 is 34.5. The maximum Gasteiger partial charge on any atom is 0.227 e. The lowest BCUT2D eigenvalue weighted by atomic mass is 9.83. The summed E-state index contributed by atoms with van der Waals surface area (Å²) in [5, 5.41) is 0. The van der Waals surface area contributed by atoms with Crippen LogP contribution in [0.15, 0.2) is 24.3 Å². The monoisotopic (exact) mass is 353 g/mol. The number of methoxy groups -OCH3 is 2. The van der Waals surface area contributed by atoms with Crippen LogP contribution in [0.4, 0.5) is 0 Å². The molecule has 0 aromatic heterocycles. The molecule has 0 radical (unpaired) electrons. The molecular weight excluding hydrogens is 330 g/mol. The van der Waals surface area contributed by atoms with Crippen LogP contribution in [0.5, 0.6) is 5.75 Å². The molecule has 2 saturated heterocycles. The maximum atomic E-state index is 12.5. The Labute approximate surface area is 142 Å². The fourth-order valence-electron chi connectivity index (χ4n) is 3.75. The van der Waals surface area contributed by atoms with Gasteiger partial charge in [-0.05, 0) is 24.1 Å². The van der Waals surface area contributed by atoms with E-state index >= 15 is 0 Å². The van der Waals surface area contributed by atoms with Crippen LogP contribution < -0.4 is 4.74 Å². The van der Waals surface area contributed by atoms with Crippen LogP contribution in [0, 0.1) is 5.92 Å². The number of carbonyl (C=O) groups is 1. The molecule has 0 saturated carbocycles. The zero-order valence-corrected chi connectivity index (χ0v) is 14.8. The minimum atomic E-state index is -3.17. The Morgan fingerprint density at radius 3 is 2.75 bits per heavy atom. The first kappa shape index (κ1) is 17.2. The molecule has 2 aliphatic heterocycles. The molecule has 0 aliphatic carbocycles. The van der Waals surface area contributed by atoms with Gasteiger partial charge in [-0.3, -0.25) is 4.79 Å². The SMILES string of the molecule is COC[C@@H]1CCS(=O)(=O)C12CN(C(=O)Cc1cccc(OC)c1)C2. The fraction of sp³-hybridized carbons (Fsp3) is 0.588. The number of sulfone groups is 1. The van der Waals surface area contributed by atoms with Crippen LogP contribution in [0.25, 0.3) is 0 Å². The number of nitrogens with zero attached hydrogens (tertiary/aromatic N) is 1. The Morgan fingerprint density at radius 2 is 2.08 bits per heavy atom. The molecule has 1 aromatic carbocycles. The predicted molar refractivity (Wildman–Crippen MR) is 89.8 cm³/mol. The molecule has 0 N–H and O–H groups in total. The second kappa shape index (κ2) is 6.37. The number of benzene rings is 1. The van der Waals surface area contributed by atoms with Gasteiger partial charge in [-0.15, -0.1) is 0 Å². The Bertz CT molecular complexity index is 724. The van der Waals surface area contributed by atoms with Crippen LogP contribution >= 0.6 is 0 Å². The summed E-state index contributed by atoms with van der Waals surface area (Å²) in [6.45, 7) is 0.996. The molecular formula is C17H23NO5S. The van der Waals surface area contributed by atoms with Crippen molar-refractivity contribution < 1.29 is 22.7 Å². The molecule has 2 fully saturated rings. The number of ether oxygens (including phenoxy) is 2. The van der Waals surface area contributed by atoms with E-state index in [1.165, 1.54) is 0 Å². The van der Waals surface area contributed by atoms with Gasteiger partial charge in [-0.2, -0.15) is 0 Å². The van der Waals surface area contributed by atoms with Gasteiger partial charge in [0.05, 0.1) is 25.9 Å². The molecule has 0 unspecified atom stereocenters. The second-order valence-corrected chi connectivity index (χ2v) is 9.05. The summed E-state index contributed by atoms with van der Waals surface area (Å²) in [4.78, 5) is 14.1. The normalized spacial score (nSPS) is 23.9. The molecule has 24 heavy (non-hydrogen) atoms. The highest BCUT2D eigenvalue weighted by Crippen LogP contribution is 2.44. The number of hydrogen-bond donors (Lipinski definition) is 0. The van der Waals surface area contributed by atoms with Crippen molar-refractivity contribution in [2.45, 2.75) is 17.6 Å². The smallest absolute Gasteiger partial charge is 0.227 e. The first-order valence-corrected chi connectivity index (χ1v) is 9.69. The van der Waals surface area contributed by atoms with Gasteiger partial charge in [-0.1, -0.05) is 12.1 Å². The molecule has 7 heteroatoms. The van der Waals surface area contributed by atoms with Crippen LogP contribution in [-0.2, 0) is 25.8 Å². The Hall–Kier alpha value is -1.60. The van der Waals surface area contributed by atoms with E-state index in [4.69, 9.17) is 9.47 Å². The van der Waals surface area contributed by atoms with Crippen molar-refractivity contribution in [3.63, 3.8) is 0 Å². The summed E-state index contributed by atoms with van der Waals surface area (Å²) in [7, 11) is 0.00557. The molecule has 6 nitrogen and oxygen atoms in total. The third kappa shape index (κ3) is 2.80. The highest BCUT2D eigenvalue weighted by molar-refractivity contribution is 7.93. The van der Waals surface area contributed by atoms with Crippen molar-refractivity contribution in [3.8, 4) is 5.75 Å². The Balaban J connectivity index is 1.67. The van der Waals surface area contributed by atoms with E-state index in [1.807, 2.05) is 24.3 Å². The van der Waals surface area contributed by atoms with E-state index in [9.17, 15) is 13.2 Å². The molecule has 2 heterocycles. The average molecular weight is 353 g/mol. The van der Waals surface area contributed by atoms with Crippen molar-refractivity contribution in [3.05, 3.63) is 29.8 Å². The van der Waals surface area contributed by atoms with Crippen LogP contribution in [0.3, 0.4) is 0 Å². The van der Waals surface area contributed by atoms with Crippen molar-refractivity contribution in [2.24, 2.45) is 5.92 Å². The van der Waals surface area contributed by atoms with E-state index in [2.05, 4.69) is 0 Å². The molecule has 1 atom stereocenters. The third-order valence-corrected chi connectivity index (χ3v) is 7.83. The summed E-state index contributed by atoms with van der Waals surface area (Å²) >= 11 is 0. The van der Waals surface area contributed by atoms with Crippen molar-refractivity contribution in [2.75, 3.05) is 39.7 Å². The van der Waals surface area contributed by atoms with Crippen molar-refractivity contribution in [1.29, 1.82) is 0 Å². The van der Waals surface area contributed by atoms with Crippen LogP contribution in [0.2, 0.25) is 0 Å². The second-order valence-electron chi connectivity index (χ2n) is 6.60. The molecule has 0 bridgehead atoms. The fourth-order valence-corrected chi connectivity index (χ4v) is 6.15. The van der Waals surface area contributed by atoms with E-state index in [1.54, 1.807) is 19.1 Å².